The molecule has 1 saturated heterocycles. The van der Waals surface area contributed by atoms with Crippen LogP contribution in [0.2, 0.25) is 0 Å². The van der Waals surface area contributed by atoms with Crippen molar-refractivity contribution in [3.05, 3.63) is 59.2 Å². The minimum absolute atomic E-state index is 0.0701. The molecule has 2 heterocycles. The quantitative estimate of drug-likeness (QED) is 0.335. The summed E-state index contributed by atoms with van der Waals surface area (Å²) in [6, 6.07) is 12.4. The molecule has 2 aliphatic carbocycles. The molecule has 5 atom stereocenters. The topological polar surface area (TPSA) is 102 Å². The number of carbonyl (C=O) groups excluding carboxylic acids is 2. The van der Waals surface area contributed by atoms with E-state index < -0.39 is 39.2 Å². The molecule has 1 spiro atoms. The average Bonchev–Trinajstić information content (AvgIpc) is 3.26. The molecule has 0 amide bonds. The first-order chi connectivity index (χ1) is 19.9. The van der Waals surface area contributed by atoms with Gasteiger partial charge in [0.05, 0.1) is 23.3 Å². The van der Waals surface area contributed by atoms with E-state index >= 15 is 0 Å². The zero-order chi connectivity index (χ0) is 30.0. The summed E-state index contributed by atoms with van der Waals surface area (Å²) in [5, 5.41) is 0. The van der Waals surface area contributed by atoms with Crippen molar-refractivity contribution in [2.75, 3.05) is 20.1 Å². The molecular weight excluding hydrogens is 556 g/mol. The minimum Gasteiger partial charge on any atom is -0.483 e. The Morgan fingerprint density at radius 2 is 1.83 bits per heavy atom. The van der Waals surface area contributed by atoms with E-state index in [0.29, 0.717) is 43.7 Å². The van der Waals surface area contributed by atoms with Gasteiger partial charge in [-0.2, -0.15) is 4.31 Å². The number of esters is 2. The predicted octanol–water partition coefficient (Wildman–Crippen LogP) is 3.82. The minimum atomic E-state index is -3.77. The summed E-state index contributed by atoms with van der Waals surface area (Å²) in [5.41, 5.74) is 0.987. The standard InChI is InChI=1S/C32H40N2O7S/c1-20(2)18-34(42(37,38)19-23-9-7-6-8-10-23)25-13-14-32(41-22(4)36)27-17-24-11-12-26(39-21(3)35)29-28(24)31(32,30(25)40-29)15-16-33(27)5/h6-12,20,25,27,30H,13-19H2,1-5H3/t25-,27+,30-,31-,32+/m0/s1. The molecule has 1 saturated carbocycles. The van der Waals surface area contributed by atoms with Crippen molar-refractivity contribution in [3.8, 4) is 11.5 Å². The van der Waals surface area contributed by atoms with Crippen molar-refractivity contribution >= 4 is 22.0 Å². The Morgan fingerprint density at radius 1 is 1.10 bits per heavy atom. The van der Waals surface area contributed by atoms with Crippen molar-refractivity contribution < 1.29 is 32.2 Å². The fourth-order valence-electron chi connectivity index (χ4n) is 8.36. The van der Waals surface area contributed by atoms with Gasteiger partial charge < -0.3 is 14.2 Å². The Morgan fingerprint density at radius 3 is 2.50 bits per heavy atom. The summed E-state index contributed by atoms with van der Waals surface area (Å²) < 4.78 is 49.1. The van der Waals surface area contributed by atoms with Gasteiger partial charge in [0.1, 0.15) is 11.7 Å². The predicted molar refractivity (Wildman–Crippen MR) is 157 cm³/mol. The van der Waals surface area contributed by atoms with Crippen LogP contribution in [0.5, 0.6) is 11.5 Å². The van der Waals surface area contributed by atoms with E-state index in [1.165, 1.54) is 13.8 Å². The zero-order valence-corrected chi connectivity index (χ0v) is 25.8. The molecule has 10 heteroatoms. The lowest BCUT2D eigenvalue weighted by Gasteiger charge is -2.65. The first kappa shape index (κ1) is 29.1. The van der Waals surface area contributed by atoms with Gasteiger partial charge >= 0.3 is 11.9 Å². The van der Waals surface area contributed by atoms with E-state index in [2.05, 4.69) is 11.9 Å². The normalized spacial score (nSPS) is 29.6. The fourth-order valence-corrected chi connectivity index (χ4v) is 10.3. The highest BCUT2D eigenvalue weighted by Gasteiger charge is 2.75. The van der Waals surface area contributed by atoms with E-state index in [1.54, 1.807) is 10.4 Å². The van der Waals surface area contributed by atoms with Crippen LogP contribution >= 0.6 is 0 Å². The third-order valence-electron chi connectivity index (χ3n) is 9.69. The highest BCUT2D eigenvalue weighted by Crippen LogP contribution is 2.67. The summed E-state index contributed by atoms with van der Waals surface area (Å²) >= 11 is 0. The van der Waals surface area contributed by atoms with Crippen LogP contribution in [0.1, 0.15) is 63.6 Å². The molecule has 0 unspecified atom stereocenters. The molecule has 0 N–H and O–H groups in total. The van der Waals surface area contributed by atoms with Gasteiger partial charge in [-0.25, -0.2) is 8.42 Å². The van der Waals surface area contributed by atoms with Gasteiger partial charge in [-0.1, -0.05) is 50.2 Å². The Balaban J connectivity index is 1.54. The molecular formula is C32H40N2O7S. The molecule has 226 valence electrons. The average molecular weight is 597 g/mol. The number of likely N-dealkylation sites (N-methyl/N-ethyl adjacent to an activating group) is 1. The molecule has 2 aliphatic heterocycles. The molecule has 42 heavy (non-hydrogen) atoms. The number of piperidine rings is 1. The van der Waals surface area contributed by atoms with Gasteiger partial charge in [-0.15, -0.1) is 0 Å². The zero-order valence-electron chi connectivity index (χ0n) is 25.0. The Labute approximate surface area is 248 Å². The Bertz CT molecular complexity index is 1510. The van der Waals surface area contributed by atoms with E-state index in [1.807, 2.05) is 50.2 Å². The number of nitrogens with zero attached hydrogens (tertiary/aromatic N) is 2. The van der Waals surface area contributed by atoms with E-state index in [-0.39, 0.29) is 23.7 Å². The van der Waals surface area contributed by atoms with Crippen molar-refractivity contribution in [3.63, 3.8) is 0 Å². The lowest BCUT2D eigenvalue weighted by atomic mass is 9.48. The second-order valence-corrected chi connectivity index (χ2v) is 14.7. The number of hydrogen-bond acceptors (Lipinski definition) is 8. The van der Waals surface area contributed by atoms with Crippen molar-refractivity contribution in [1.82, 2.24) is 9.21 Å². The molecule has 0 radical (unpaired) electrons. The Kier molecular flexibility index (Phi) is 7.18. The largest absolute Gasteiger partial charge is 0.483 e. The summed E-state index contributed by atoms with van der Waals surface area (Å²) in [4.78, 5) is 27.2. The van der Waals surface area contributed by atoms with Crippen molar-refractivity contribution in [2.24, 2.45) is 5.92 Å². The maximum Gasteiger partial charge on any atom is 0.308 e. The van der Waals surface area contributed by atoms with Gasteiger partial charge in [-0.3, -0.25) is 14.5 Å². The highest BCUT2D eigenvalue weighted by atomic mass is 32.2. The number of likely N-dealkylation sites (tertiary alicyclic amines) is 1. The maximum atomic E-state index is 14.3. The summed E-state index contributed by atoms with van der Waals surface area (Å²) in [5.74, 6) is -0.0801. The van der Waals surface area contributed by atoms with Crippen LogP contribution in [0.4, 0.5) is 0 Å². The van der Waals surface area contributed by atoms with Crippen molar-refractivity contribution in [1.29, 1.82) is 0 Å². The second kappa shape index (κ2) is 10.3. The number of rotatable bonds is 8. The van der Waals surface area contributed by atoms with Gasteiger partial charge in [-0.05, 0) is 62.4 Å². The SMILES string of the molecule is CC(=O)Oc1ccc2c3c1O[C@H]1[C@@H](N(CC(C)C)S(=O)(=O)Cc4ccccc4)CC[C@@]4(OC(C)=O)[C@@H](C2)N(C)CC[C@]314. The summed E-state index contributed by atoms with van der Waals surface area (Å²) in [6.07, 6.45) is 1.61. The van der Waals surface area contributed by atoms with E-state index in [9.17, 15) is 18.0 Å². The number of carbonyl (C=O) groups is 2. The first-order valence-corrected chi connectivity index (χ1v) is 16.5. The molecule has 4 aliphatic rings. The van der Waals surface area contributed by atoms with Gasteiger partial charge in [0.25, 0.3) is 0 Å². The number of benzene rings is 2. The molecule has 2 bridgehead atoms. The third-order valence-corrected chi connectivity index (χ3v) is 11.5. The molecule has 0 aromatic heterocycles. The molecule has 2 aromatic carbocycles. The highest BCUT2D eigenvalue weighted by molar-refractivity contribution is 7.88. The van der Waals surface area contributed by atoms with E-state index in [0.717, 1.165) is 23.2 Å². The monoisotopic (exact) mass is 596 g/mol. The molecule has 9 nitrogen and oxygen atoms in total. The van der Waals surface area contributed by atoms with Crippen LogP contribution in [-0.2, 0) is 41.9 Å². The van der Waals surface area contributed by atoms with Crippen LogP contribution in [0.15, 0.2) is 42.5 Å². The number of ether oxygens (including phenoxy) is 3. The third kappa shape index (κ3) is 4.36. The van der Waals surface area contributed by atoms with Gasteiger partial charge in [0.15, 0.2) is 11.5 Å². The molecule has 6 rings (SSSR count). The summed E-state index contributed by atoms with van der Waals surface area (Å²) in [7, 11) is -1.71. The van der Waals surface area contributed by atoms with Crippen molar-refractivity contribution in [2.45, 2.75) is 88.3 Å². The summed E-state index contributed by atoms with van der Waals surface area (Å²) in [6.45, 7) is 7.90. The smallest absolute Gasteiger partial charge is 0.308 e. The van der Waals surface area contributed by atoms with Gasteiger partial charge in [0, 0.05) is 26.0 Å². The van der Waals surface area contributed by atoms with Crippen LogP contribution in [0, 0.1) is 5.92 Å². The van der Waals surface area contributed by atoms with Crippen LogP contribution in [-0.4, -0.2) is 73.5 Å². The molecule has 2 fully saturated rings. The van der Waals surface area contributed by atoms with E-state index in [4.69, 9.17) is 14.2 Å². The maximum absolute atomic E-state index is 14.3. The molecule has 2 aromatic rings. The first-order valence-electron chi connectivity index (χ1n) is 14.8. The number of hydrogen-bond donors (Lipinski definition) is 0. The lowest BCUT2D eigenvalue weighted by Crippen LogP contribution is -2.79. The van der Waals surface area contributed by atoms with Crippen LogP contribution in [0.3, 0.4) is 0 Å². The fraction of sp³-hybridized carbons (Fsp3) is 0.562. The van der Waals surface area contributed by atoms with Crippen LogP contribution in [0.25, 0.3) is 0 Å². The van der Waals surface area contributed by atoms with Gasteiger partial charge in [0.2, 0.25) is 10.0 Å². The lowest BCUT2D eigenvalue weighted by molar-refractivity contribution is -0.219. The second-order valence-electron chi connectivity index (χ2n) is 12.8. The number of sulfonamides is 1. The Hall–Kier alpha value is -2.95. The van der Waals surface area contributed by atoms with Crippen LogP contribution < -0.4 is 9.47 Å².